The van der Waals surface area contributed by atoms with Gasteiger partial charge in [0.1, 0.15) is 0 Å². The first-order valence-corrected chi connectivity index (χ1v) is 9.30. The SMILES string of the molecule is C[C@@H](CNC(=O)[C@@H]1CC(=O)N(c2cccc(Cl)c2Cl)C1)c1ccccc1. The summed E-state index contributed by atoms with van der Waals surface area (Å²) in [5, 5.41) is 3.69. The fraction of sp³-hybridized carbons (Fsp3) is 0.300. The molecule has 4 nitrogen and oxygen atoms in total. The van der Waals surface area contributed by atoms with E-state index in [0.717, 1.165) is 0 Å². The Hall–Kier alpha value is -2.04. The van der Waals surface area contributed by atoms with Gasteiger partial charge in [-0.2, -0.15) is 0 Å². The van der Waals surface area contributed by atoms with Crippen molar-refractivity contribution in [1.29, 1.82) is 0 Å². The molecule has 1 aliphatic heterocycles. The second kappa shape index (κ2) is 8.11. The van der Waals surface area contributed by atoms with E-state index in [9.17, 15) is 9.59 Å². The van der Waals surface area contributed by atoms with Crippen molar-refractivity contribution >= 4 is 40.7 Å². The highest BCUT2D eigenvalue weighted by Crippen LogP contribution is 2.35. The molecular weight excluding hydrogens is 371 g/mol. The predicted molar refractivity (Wildman–Crippen MR) is 105 cm³/mol. The monoisotopic (exact) mass is 390 g/mol. The molecule has 2 aromatic carbocycles. The molecule has 2 amide bonds. The Kier molecular flexibility index (Phi) is 5.84. The molecular formula is C20H20Cl2N2O2. The summed E-state index contributed by atoms with van der Waals surface area (Å²) in [5.41, 5.74) is 1.72. The lowest BCUT2D eigenvalue weighted by Crippen LogP contribution is -2.35. The Bertz CT molecular complexity index is 811. The second-order valence-corrected chi connectivity index (χ2v) is 7.32. The fourth-order valence-corrected chi connectivity index (χ4v) is 3.51. The minimum absolute atomic E-state index is 0.109. The molecule has 1 fully saturated rings. The quantitative estimate of drug-likeness (QED) is 0.828. The minimum Gasteiger partial charge on any atom is -0.355 e. The van der Waals surface area contributed by atoms with Gasteiger partial charge in [-0.05, 0) is 23.6 Å². The number of amides is 2. The maximum Gasteiger partial charge on any atom is 0.227 e. The van der Waals surface area contributed by atoms with Crippen molar-refractivity contribution in [3.8, 4) is 0 Å². The first kappa shape index (κ1) is 18.7. The van der Waals surface area contributed by atoms with E-state index in [1.165, 1.54) is 5.56 Å². The van der Waals surface area contributed by atoms with E-state index in [2.05, 4.69) is 12.2 Å². The fourth-order valence-electron chi connectivity index (χ4n) is 3.11. The smallest absolute Gasteiger partial charge is 0.227 e. The summed E-state index contributed by atoms with van der Waals surface area (Å²) >= 11 is 12.2. The van der Waals surface area contributed by atoms with Crippen molar-refractivity contribution in [2.24, 2.45) is 5.92 Å². The van der Waals surface area contributed by atoms with Crippen molar-refractivity contribution in [2.75, 3.05) is 18.0 Å². The summed E-state index contributed by atoms with van der Waals surface area (Å²) in [6, 6.07) is 15.2. The van der Waals surface area contributed by atoms with Gasteiger partial charge in [-0.25, -0.2) is 0 Å². The van der Waals surface area contributed by atoms with Crippen molar-refractivity contribution in [1.82, 2.24) is 5.32 Å². The average molecular weight is 391 g/mol. The van der Waals surface area contributed by atoms with Gasteiger partial charge in [-0.15, -0.1) is 0 Å². The van der Waals surface area contributed by atoms with Crippen LogP contribution in [0.5, 0.6) is 0 Å². The van der Waals surface area contributed by atoms with Crippen molar-refractivity contribution in [3.63, 3.8) is 0 Å². The van der Waals surface area contributed by atoms with Gasteiger partial charge in [0, 0.05) is 19.5 Å². The van der Waals surface area contributed by atoms with Gasteiger partial charge < -0.3 is 10.2 Å². The summed E-state index contributed by atoms with van der Waals surface area (Å²) in [4.78, 5) is 26.4. The number of carbonyl (C=O) groups is 2. The number of hydrogen-bond donors (Lipinski definition) is 1. The van der Waals surface area contributed by atoms with Crippen LogP contribution in [-0.2, 0) is 9.59 Å². The molecule has 0 spiro atoms. The lowest BCUT2D eigenvalue weighted by atomic mass is 10.0. The molecule has 1 saturated heterocycles. The first-order valence-electron chi connectivity index (χ1n) is 8.54. The van der Waals surface area contributed by atoms with Crippen molar-refractivity contribution in [2.45, 2.75) is 19.3 Å². The largest absolute Gasteiger partial charge is 0.355 e. The van der Waals surface area contributed by atoms with Gasteiger partial charge in [-0.3, -0.25) is 9.59 Å². The van der Waals surface area contributed by atoms with Crippen LogP contribution < -0.4 is 10.2 Å². The van der Waals surface area contributed by atoms with E-state index in [1.807, 2.05) is 30.3 Å². The molecule has 2 aromatic rings. The first-order chi connectivity index (χ1) is 12.5. The molecule has 1 heterocycles. The Balaban J connectivity index is 1.61. The van der Waals surface area contributed by atoms with Crippen LogP contribution in [0.15, 0.2) is 48.5 Å². The molecule has 0 radical (unpaired) electrons. The average Bonchev–Trinajstić information content (AvgIpc) is 3.04. The molecule has 1 aliphatic rings. The standard InChI is InChI=1S/C20H20Cl2N2O2/c1-13(14-6-3-2-4-7-14)11-23-20(26)15-10-18(25)24(12-15)17-9-5-8-16(21)19(17)22/h2-9,13,15H,10-12H2,1H3,(H,23,26)/t13-,15+/m0/s1. The van der Waals surface area contributed by atoms with Crippen LogP contribution in [0.4, 0.5) is 5.69 Å². The third-order valence-electron chi connectivity index (χ3n) is 4.67. The van der Waals surface area contributed by atoms with Gasteiger partial charge in [0.05, 0.1) is 21.7 Å². The summed E-state index contributed by atoms with van der Waals surface area (Å²) in [6.07, 6.45) is 0.175. The van der Waals surface area contributed by atoms with Crippen molar-refractivity contribution in [3.05, 3.63) is 64.1 Å². The number of hydrogen-bond acceptors (Lipinski definition) is 2. The van der Waals surface area contributed by atoms with Gasteiger partial charge >= 0.3 is 0 Å². The Labute approximate surface area is 163 Å². The lowest BCUT2D eigenvalue weighted by Gasteiger charge is -2.19. The molecule has 3 rings (SSSR count). The van der Waals surface area contributed by atoms with Crippen LogP contribution in [0.25, 0.3) is 0 Å². The lowest BCUT2D eigenvalue weighted by molar-refractivity contribution is -0.126. The number of anilines is 1. The van der Waals surface area contributed by atoms with Gasteiger partial charge in [0.25, 0.3) is 0 Å². The minimum atomic E-state index is -0.388. The third-order valence-corrected chi connectivity index (χ3v) is 5.48. The maximum atomic E-state index is 12.5. The van der Waals surface area contributed by atoms with Crippen LogP contribution in [-0.4, -0.2) is 24.9 Å². The Morgan fingerprint density at radius 2 is 1.92 bits per heavy atom. The second-order valence-electron chi connectivity index (χ2n) is 6.54. The Morgan fingerprint density at radius 3 is 2.65 bits per heavy atom. The zero-order valence-corrected chi connectivity index (χ0v) is 15.9. The number of nitrogens with one attached hydrogen (secondary N) is 1. The molecule has 0 saturated carbocycles. The molecule has 0 aromatic heterocycles. The summed E-state index contributed by atoms with van der Waals surface area (Å²) < 4.78 is 0. The van der Waals surface area contributed by atoms with Gasteiger partial charge in [0.2, 0.25) is 11.8 Å². The van der Waals surface area contributed by atoms with Crippen LogP contribution >= 0.6 is 23.2 Å². The normalized spacial score (nSPS) is 18.0. The molecule has 1 N–H and O–H groups in total. The van der Waals surface area contributed by atoms with Gasteiger partial charge in [0.15, 0.2) is 0 Å². The zero-order chi connectivity index (χ0) is 18.7. The molecule has 26 heavy (non-hydrogen) atoms. The highest BCUT2D eigenvalue weighted by molar-refractivity contribution is 6.44. The molecule has 136 valence electrons. The van der Waals surface area contributed by atoms with Crippen LogP contribution in [0.2, 0.25) is 10.0 Å². The van der Waals surface area contributed by atoms with Crippen molar-refractivity contribution < 1.29 is 9.59 Å². The van der Waals surface area contributed by atoms with E-state index in [0.29, 0.717) is 28.8 Å². The summed E-state index contributed by atoms with van der Waals surface area (Å²) in [6.45, 7) is 2.91. The number of carbonyl (C=O) groups excluding carboxylic acids is 2. The third kappa shape index (κ3) is 4.02. The maximum absolute atomic E-state index is 12.5. The van der Waals surface area contributed by atoms with E-state index >= 15 is 0 Å². The topological polar surface area (TPSA) is 49.4 Å². The molecule has 0 aliphatic carbocycles. The van der Waals surface area contributed by atoms with E-state index in [-0.39, 0.29) is 30.1 Å². The van der Waals surface area contributed by atoms with Crippen LogP contribution in [0.3, 0.4) is 0 Å². The van der Waals surface area contributed by atoms with Gasteiger partial charge in [-0.1, -0.05) is 66.5 Å². The number of nitrogens with zero attached hydrogens (tertiary/aromatic N) is 1. The highest BCUT2D eigenvalue weighted by Gasteiger charge is 2.36. The predicted octanol–water partition coefficient (Wildman–Crippen LogP) is 4.27. The Morgan fingerprint density at radius 1 is 1.19 bits per heavy atom. The van der Waals surface area contributed by atoms with Crippen LogP contribution in [0, 0.1) is 5.92 Å². The molecule has 0 unspecified atom stereocenters. The number of benzene rings is 2. The number of rotatable bonds is 5. The molecule has 0 bridgehead atoms. The zero-order valence-electron chi connectivity index (χ0n) is 14.4. The number of halogens is 2. The van der Waals surface area contributed by atoms with E-state index in [1.54, 1.807) is 23.1 Å². The van der Waals surface area contributed by atoms with E-state index in [4.69, 9.17) is 23.2 Å². The molecule has 2 atom stereocenters. The highest BCUT2D eigenvalue weighted by atomic mass is 35.5. The van der Waals surface area contributed by atoms with E-state index < -0.39 is 0 Å². The summed E-state index contributed by atoms with van der Waals surface area (Å²) in [5.74, 6) is -0.413. The summed E-state index contributed by atoms with van der Waals surface area (Å²) in [7, 11) is 0. The molecule has 6 heteroatoms. The van der Waals surface area contributed by atoms with Crippen LogP contribution in [0.1, 0.15) is 24.8 Å².